The summed E-state index contributed by atoms with van der Waals surface area (Å²) in [7, 11) is 30.8. The molecule has 33 heavy (non-hydrogen) atoms. The molecule has 1 atom stereocenters. The molecule has 2 rings (SSSR count). The number of nitrogens with zero attached hydrogens (tertiary/aromatic N) is 2. The van der Waals surface area contributed by atoms with Gasteiger partial charge in [-0.1, -0.05) is 16.8 Å². The average Bonchev–Trinajstić information content (AvgIpc) is 2.66. The molecule has 0 aliphatic heterocycles. The summed E-state index contributed by atoms with van der Waals surface area (Å²) in [6.45, 7) is 4.85. The van der Waals surface area contributed by atoms with Gasteiger partial charge in [-0.15, -0.1) is 5.11 Å². The van der Waals surface area contributed by atoms with E-state index in [1.54, 1.807) is 20.8 Å². The second-order valence-corrected chi connectivity index (χ2v) is 9.04. The largest absolute Gasteiger partial charge is 0.495 e. The highest BCUT2D eigenvalue weighted by Gasteiger charge is 2.45. The van der Waals surface area contributed by atoms with Crippen molar-refractivity contribution in [2.24, 2.45) is 0 Å². The van der Waals surface area contributed by atoms with Crippen LogP contribution in [-0.2, 0) is 9.53 Å². The summed E-state index contributed by atoms with van der Waals surface area (Å²) in [6, 6.07) is 5.99. The van der Waals surface area contributed by atoms with Crippen LogP contribution in [0.5, 0.6) is 5.75 Å². The number of methoxy groups -OCH3 is 1. The summed E-state index contributed by atoms with van der Waals surface area (Å²) in [5.74, 6) is -0.884. The zero-order chi connectivity index (χ0) is 25.4. The topological polar surface area (TPSA) is 81.3 Å². The number of aromatic nitrogens is 1. The molecule has 6 nitrogen and oxygen atoms in total. The van der Waals surface area contributed by atoms with Crippen LogP contribution in [0.15, 0.2) is 35.3 Å². The van der Waals surface area contributed by atoms with Crippen LogP contribution >= 0.6 is 11.6 Å². The molecule has 0 aliphatic carbocycles. The zero-order valence-corrected chi connectivity index (χ0v) is 19.5. The number of halogens is 1. The minimum Gasteiger partial charge on any atom is -0.495 e. The second kappa shape index (κ2) is 9.42. The number of nitriles is 1. The van der Waals surface area contributed by atoms with E-state index >= 15 is 0 Å². The van der Waals surface area contributed by atoms with E-state index in [1.165, 1.54) is 31.5 Å². The fourth-order valence-electron chi connectivity index (χ4n) is 3.07. The maximum Gasteiger partial charge on any atom is 0.328 e. The Hall–Kier alpha value is -2.46. The fraction of sp³-hybridized carbons (Fsp3) is 0.381. The van der Waals surface area contributed by atoms with E-state index in [-0.39, 0.29) is 16.9 Å². The van der Waals surface area contributed by atoms with Gasteiger partial charge in [-0.2, -0.15) is 5.26 Å². The predicted molar refractivity (Wildman–Crippen MR) is 131 cm³/mol. The SMILES string of the molecule is [B]C([B])([B])C([B])([B])C(C(=O)OC(C)(C)C)n1cc(OC)c(-c2cc(Cl)ccc2C#N)cc1=O. The molecule has 0 N–H and O–H groups in total. The molecule has 12 heteroatoms. The number of hydrogen-bond donors (Lipinski definition) is 0. The summed E-state index contributed by atoms with van der Waals surface area (Å²) in [5, 5.41) is 5.18. The summed E-state index contributed by atoms with van der Waals surface area (Å²) < 4.78 is 11.7. The number of carbonyl (C=O) groups is 1. The Bertz CT molecular complexity index is 1160. The fourth-order valence-corrected chi connectivity index (χ4v) is 3.25. The van der Waals surface area contributed by atoms with E-state index < -0.39 is 33.5 Å². The van der Waals surface area contributed by atoms with Gasteiger partial charge in [0.25, 0.3) is 5.56 Å². The van der Waals surface area contributed by atoms with Crippen molar-refractivity contribution >= 4 is 56.8 Å². The Morgan fingerprint density at radius 2 is 1.73 bits per heavy atom. The van der Waals surface area contributed by atoms with Crippen LogP contribution in [0, 0.1) is 11.3 Å². The van der Waals surface area contributed by atoms with Crippen LogP contribution in [0.3, 0.4) is 0 Å². The van der Waals surface area contributed by atoms with Crippen molar-refractivity contribution in [3.8, 4) is 22.9 Å². The van der Waals surface area contributed by atoms with Crippen LogP contribution in [0.25, 0.3) is 11.1 Å². The van der Waals surface area contributed by atoms with Crippen molar-refractivity contribution in [2.45, 2.75) is 42.7 Å². The highest BCUT2D eigenvalue weighted by Crippen LogP contribution is 2.48. The molecule has 1 aromatic carbocycles. The lowest BCUT2D eigenvalue weighted by Crippen LogP contribution is -2.48. The standard InChI is InChI=1S/C21H18B5ClN2O4/c1-19(2,3)33-18(31)17(20(22,23)21(24,25)26)29-10-15(32-4)14(8-16(29)30)13-7-12(27)6-5-11(13)9-28/h5-8,10,17H,1-4H3. The Labute approximate surface area is 205 Å². The molecule has 1 unspecified atom stereocenters. The summed E-state index contributed by atoms with van der Waals surface area (Å²) in [6.07, 6.45) is 1.19. The normalized spacial score (nSPS) is 13.1. The van der Waals surface area contributed by atoms with Gasteiger partial charge in [-0.25, -0.2) is 4.79 Å². The number of benzene rings is 1. The smallest absolute Gasteiger partial charge is 0.328 e. The highest BCUT2D eigenvalue weighted by molar-refractivity contribution is 6.67. The van der Waals surface area contributed by atoms with E-state index in [9.17, 15) is 14.9 Å². The van der Waals surface area contributed by atoms with Gasteiger partial charge < -0.3 is 9.47 Å². The number of pyridine rings is 1. The van der Waals surface area contributed by atoms with Gasteiger partial charge in [0, 0.05) is 45.8 Å². The molecule has 1 heterocycles. The first-order chi connectivity index (χ1) is 15.0. The molecule has 0 saturated heterocycles. The Morgan fingerprint density at radius 1 is 1.12 bits per heavy atom. The third kappa shape index (κ3) is 5.73. The lowest BCUT2D eigenvalue weighted by atomic mass is 9.21. The van der Waals surface area contributed by atoms with E-state index in [0.29, 0.717) is 10.6 Å². The van der Waals surface area contributed by atoms with Gasteiger partial charge in [-0.3, -0.25) is 9.36 Å². The minimum atomic E-state index is -2.33. The van der Waals surface area contributed by atoms with Crippen LogP contribution in [0.4, 0.5) is 0 Å². The van der Waals surface area contributed by atoms with Crippen molar-refractivity contribution in [3.63, 3.8) is 0 Å². The maximum absolute atomic E-state index is 13.2. The number of rotatable bonds is 6. The van der Waals surface area contributed by atoms with Gasteiger partial charge in [0.1, 0.15) is 17.4 Å². The lowest BCUT2D eigenvalue weighted by molar-refractivity contribution is -0.159. The van der Waals surface area contributed by atoms with E-state index in [0.717, 1.165) is 10.6 Å². The van der Waals surface area contributed by atoms with Crippen molar-refractivity contribution in [1.29, 1.82) is 5.26 Å². The second-order valence-electron chi connectivity index (χ2n) is 8.60. The van der Waals surface area contributed by atoms with Crippen LogP contribution < -0.4 is 10.3 Å². The monoisotopic (exact) mass is 452 g/mol. The highest BCUT2D eigenvalue weighted by atomic mass is 35.5. The van der Waals surface area contributed by atoms with E-state index in [1.807, 2.05) is 6.07 Å². The first-order valence-corrected chi connectivity index (χ1v) is 10.1. The number of ether oxygens (including phenoxy) is 2. The average molecular weight is 452 g/mol. The van der Waals surface area contributed by atoms with Crippen LogP contribution in [-0.4, -0.2) is 62.5 Å². The lowest BCUT2D eigenvalue weighted by Gasteiger charge is -2.47. The summed E-state index contributed by atoms with van der Waals surface area (Å²) in [4.78, 5) is 26.3. The first-order valence-electron chi connectivity index (χ1n) is 9.71. The molecule has 0 fully saturated rings. The Morgan fingerprint density at radius 3 is 2.21 bits per heavy atom. The van der Waals surface area contributed by atoms with E-state index in [2.05, 4.69) is 0 Å². The third-order valence-electron chi connectivity index (χ3n) is 4.77. The number of esters is 1. The third-order valence-corrected chi connectivity index (χ3v) is 5.00. The maximum atomic E-state index is 13.2. The van der Waals surface area contributed by atoms with E-state index in [4.69, 9.17) is 60.3 Å². The summed E-state index contributed by atoms with van der Waals surface area (Å²) >= 11 is 6.08. The molecule has 10 radical (unpaired) electrons. The molecule has 0 bridgehead atoms. The quantitative estimate of drug-likeness (QED) is 0.495. The van der Waals surface area contributed by atoms with Gasteiger partial charge in [0.15, 0.2) is 0 Å². The molecule has 1 aromatic heterocycles. The molecule has 0 spiro atoms. The molecular formula is C21H18B5ClN2O4. The van der Waals surface area contributed by atoms with Crippen LogP contribution in [0.1, 0.15) is 32.4 Å². The van der Waals surface area contributed by atoms with Crippen molar-refractivity contribution < 1.29 is 14.3 Å². The first kappa shape index (κ1) is 26.8. The Kier molecular flexibility index (Phi) is 7.65. The molecule has 0 aliphatic rings. The zero-order valence-electron chi connectivity index (χ0n) is 18.8. The molecular weight excluding hydrogens is 434 g/mol. The van der Waals surface area contributed by atoms with Gasteiger partial charge in [-0.05, 0) is 39.0 Å². The van der Waals surface area contributed by atoms with Crippen molar-refractivity contribution in [3.05, 3.63) is 51.4 Å². The minimum absolute atomic E-state index is 0.106. The Balaban J connectivity index is 2.82. The molecule has 158 valence electrons. The van der Waals surface area contributed by atoms with Gasteiger partial charge in [0.2, 0.25) is 0 Å². The van der Waals surface area contributed by atoms with Gasteiger partial charge in [0.05, 0.1) is 40.6 Å². The predicted octanol–water partition coefficient (Wildman–Crippen LogP) is 1.96. The van der Waals surface area contributed by atoms with Crippen molar-refractivity contribution in [2.75, 3.05) is 7.11 Å². The van der Waals surface area contributed by atoms with Gasteiger partial charge >= 0.3 is 5.97 Å². The van der Waals surface area contributed by atoms with Crippen molar-refractivity contribution in [1.82, 2.24) is 4.57 Å². The number of carbonyl (C=O) groups excluding carboxylic acids is 1. The molecule has 2 aromatic rings. The number of hydrogen-bond acceptors (Lipinski definition) is 5. The summed E-state index contributed by atoms with van der Waals surface area (Å²) in [5.41, 5.74) is -0.856. The molecule has 0 amide bonds. The van der Waals surface area contributed by atoms with Crippen LogP contribution in [0.2, 0.25) is 15.3 Å². The molecule has 0 saturated carbocycles.